The minimum Gasteiger partial charge on any atom is -0.507 e. The highest BCUT2D eigenvalue weighted by Crippen LogP contribution is 2.52. The maximum Gasteiger partial charge on any atom is 0.343 e. The first-order chi connectivity index (χ1) is 16.6. The third-order valence-electron chi connectivity index (χ3n) is 8.22. The first-order valence-electron chi connectivity index (χ1n) is 12.6. The molecule has 0 spiro atoms. The molecule has 7 nitrogen and oxygen atoms in total. The Morgan fingerprint density at radius 1 is 1.09 bits per heavy atom. The molecule has 2 atom stereocenters. The summed E-state index contributed by atoms with van der Waals surface area (Å²) in [5, 5.41) is 11.2. The molecule has 5 rings (SSSR count). The highest BCUT2D eigenvalue weighted by molar-refractivity contribution is 5.48. The summed E-state index contributed by atoms with van der Waals surface area (Å²) in [5.41, 5.74) is 3.63. The SMILES string of the molecule is COc1cc2c(cc1OC)CN(Cc1coc(=O)c(CN3C[C@@]4(C)C[C@@H]3CC(C)(C)C4)c1O)CC2. The minimum atomic E-state index is -0.432. The molecule has 2 aliphatic heterocycles. The predicted molar refractivity (Wildman–Crippen MR) is 134 cm³/mol. The molecule has 1 saturated heterocycles. The van der Waals surface area contributed by atoms with E-state index in [4.69, 9.17) is 13.9 Å². The zero-order valence-corrected chi connectivity index (χ0v) is 21.6. The molecular formula is C28H38N2O5. The smallest absolute Gasteiger partial charge is 0.343 e. The van der Waals surface area contributed by atoms with Gasteiger partial charge in [-0.15, -0.1) is 0 Å². The number of rotatable bonds is 6. The Hall–Kier alpha value is -2.51. The molecule has 3 aliphatic rings. The van der Waals surface area contributed by atoms with Gasteiger partial charge in [0.05, 0.1) is 19.8 Å². The van der Waals surface area contributed by atoms with E-state index in [2.05, 4.69) is 36.6 Å². The number of hydrogen-bond donors (Lipinski definition) is 1. The normalized spacial score (nSPS) is 25.9. The summed E-state index contributed by atoms with van der Waals surface area (Å²) >= 11 is 0. The maximum absolute atomic E-state index is 12.7. The van der Waals surface area contributed by atoms with Gasteiger partial charge in [0.1, 0.15) is 12.0 Å². The van der Waals surface area contributed by atoms with Gasteiger partial charge in [0.25, 0.3) is 0 Å². The molecule has 1 aromatic carbocycles. The van der Waals surface area contributed by atoms with Crippen molar-refractivity contribution in [1.29, 1.82) is 0 Å². The van der Waals surface area contributed by atoms with Gasteiger partial charge in [-0.2, -0.15) is 0 Å². The van der Waals surface area contributed by atoms with Gasteiger partial charge in [0, 0.05) is 44.3 Å². The van der Waals surface area contributed by atoms with Crippen LogP contribution in [0.25, 0.3) is 0 Å². The number of hydrogen-bond acceptors (Lipinski definition) is 7. The van der Waals surface area contributed by atoms with Crippen LogP contribution in [-0.4, -0.2) is 48.3 Å². The van der Waals surface area contributed by atoms with Crippen molar-refractivity contribution in [2.45, 2.75) is 72.1 Å². The van der Waals surface area contributed by atoms with Crippen LogP contribution in [0.15, 0.2) is 27.6 Å². The average Bonchev–Trinajstić information content (AvgIpc) is 3.04. The molecule has 1 saturated carbocycles. The summed E-state index contributed by atoms with van der Waals surface area (Å²) in [4.78, 5) is 17.3. The topological polar surface area (TPSA) is 75.4 Å². The van der Waals surface area contributed by atoms with Crippen molar-refractivity contribution in [3.63, 3.8) is 0 Å². The molecule has 1 aliphatic carbocycles. The number of likely N-dealkylation sites (tertiary alicyclic amines) is 1. The van der Waals surface area contributed by atoms with E-state index in [0.29, 0.717) is 35.7 Å². The van der Waals surface area contributed by atoms with Crippen LogP contribution in [-0.2, 0) is 26.1 Å². The molecule has 1 aromatic heterocycles. The first kappa shape index (κ1) is 24.2. The molecule has 35 heavy (non-hydrogen) atoms. The number of fused-ring (bicyclic) bond motifs is 3. The maximum atomic E-state index is 12.7. The summed E-state index contributed by atoms with van der Waals surface area (Å²) in [5.74, 6) is 1.55. The van der Waals surface area contributed by atoms with Crippen molar-refractivity contribution in [1.82, 2.24) is 9.80 Å². The average molecular weight is 483 g/mol. The highest BCUT2D eigenvalue weighted by atomic mass is 16.5. The van der Waals surface area contributed by atoms with Gasteiger partial charge in [-0.1, -0.05) is 20.8 Å². The second kappa shape index (κ2) is 8.86. The van der Waals surface area contributed by atoms with E-state index < -0.39 is 5.63 Å². The van der Waals surface area contributed by atoms with Crippen molar-refractivity contribution in [2.24, 2.45) is 10.8 Å². The summed E-state index contributed by atoms with van der Waals surface area (Å²) in [6, 6.07) is 4.53. The van der Waals surface area contributed by atoms with Crippen LogP contribution in [0, 0.1) is 10.8 Å². The summed E-state index contributed by atoms with van der Waals surface area (Å²) in [6.45, 7) is 10.5. The largest absolute Gasteiger partial charge is 0.507 e. The Labute approximate surface area is 207 Å². The molecule has 2 bridgehead atoms. The number of aromatic hydroxyl groups is 1. The molecule has 2 aromatic rings. The predicted octanol–water partition coefficient (Wildman–Crippen LogP) is 4.32. The van der Waals surface area contributed by atoms with Crippen molar-refractivity contribution < 1.29 is 19.0 Å². The van der Waals surface area contributed by atoms with E-state index in [1.165, 1.54) is 23.8 Å². The van der Waals surface area contributed by atoms with Gasteiger partial charge in [-0.05, 0) is 59.8 Å². The van der Waals surface area contributed by atoms with Crippen LogP contribution >= 0.6 is 0 Å². The molecule has 7 heteroatoms. The van der Waals surface area contributed by atoms with Gasteiger partial charge in [-0.25, -0.2) is 4.79 Å². The van der Waals surface area contributed by atoms with Crippen LogP contribution < -0.4 is 15.1 Å². The Morgan fingerprint density at radius 2 is 1.80 bits per heavy atom. The standard InChI is InChI=1S/C28H38N2O5/c1-27(2)10-21-11-28(3,16-27)17-30(21)14-22-25(31)20(15-35-26(22)32)13-29-7-6-18-8-23(33-4)24(34-5)9-19(18)12-29/h8-9,15,21,31H,6-7,10-14,16-17H2,1-5H3/t21-,28-/m0/s1. The highest BCUT2D eigenvalue weighted by Gasteiger charge is 2.49. The molecule has 3 heterocycles. The molecule has 0 radical (unpaired) electrons. The number of methoxy groups -OCH3 is 2. The quantitative estimate of drug-likeness (QED) is 0.657. The molecule has 2 fully saturated rings. The fourth-order valence-corrected chi connectivity index (χ4v) is 7.08. The Kier molecular flexibility index (Phi) is 6.12. The fourth-order valence-electron chi connectivity index (χ4n) is 7.08. The fraction of sp³-hybridized carbons (Fsp3) is 0.607. The second-order valence-electron chi connectivity index (χ2n) is 11.9. The molecule has 190 valence electrons. The van der Waals surface area contributed by atoms with Crippen molar-refractivity contribution in [3.8, 4) is 17.2 Å². The molecule has 0 amide bonds. The monoisotopic (exact) mass is 482 g/mol. The molecule has 1 N–H and O–H groups in total. The van der Waals surface area contributed by atoms with Crippen molar-refractivity contribution >= 4 is 0 Å². The van der Waals surface area contributed by atoms with E-state index in [-0.39, 0.29) is 11.2 Å². The number of ether oxygens (including phenoxy) is 2. The lowest BCUT2D eigenvalue weighted by molar-refractivity contribution is 0.126. The Bertz CT molecular complexity index is 1170. The third kappa shape index (κ3) is 4.68. The van der Waals surface area contributed by atoms with E-state index in [1.807, 2.05) is 6.07 Å². The lowest BCUT2D eigenvalue weighted by atomic mass is 9.65. The summed E-state index contributed by atoms with van der Waals surface area (Å²) < 4.78 is 16.4. The molecular weight excluding hydrogens is 444 g/mol. The van der Waals surface area contributed by atoms with Gasteiger partial charge < -0.3 is 19.0 Å². The van der Waals surface area contributed by atoms with Crippen molar-refractivity contribution in [3.05, 3.63) is 51.1 Å². The van der Waals surface area contributed by atoms with Gasteiger partial charge in [0.15, 0.2) is 11.5 Å². The number of nitrogens with zero attached hydrogens (tertiary/aromatic N) is 2. The van der Waals surface area contributed by atoms with Crippen LogP contribution in [0.5, 0.6) is 17.2 Å². The molecule has 0 unspecified atom stereocenters. The van der Waals surface area contributed by atoms with Crippen LogP contribution in [0.2, 0.25) is 0 Å². The Morgan fingerprint density at radius 3 is 2.51 bits per heavy atom. The van der Waals surface area contributed by atoms with Gasteiger partial charge >= 0.3 is 5.63 Å². The van der Waals surface area contributed by atoms with E-state index in [0.717, 1.165) is 50.4 Å². The van der Waals surface area contributed by atoms with Crippen LogP contribution in [0.1, 0.15) is 62.3 Å². The van der Waals surface area contributed by atoms with Crippen LogP contribution in [0.3, 0.4) is 0 Å². The number of benzene rings is 1. The first-order valence-corrected chi connectivity index (χ1v) is 12.6. The third-order valence-corrected chi connectivity index (χ3v) is 8.22. The van der Waals surface area contributed by atoms with E-state index in [1.54, 1.807) is 14.2 Å². The van der Waals surface area contributed by atoms with Crippen LogP contribution in [0.4, 0.5) is 0 Å². The van der Waals surface area contributed by atoms with E-state index >= 15 is 0 Å². The summed E-state index contributed by atoms with van der Waals surface area (Å²) in [6.07, 6.45) is 5.78. The Balaban J connectivity index is 1.34. The van der Waals surface area contributed by atoms with Gasteiger partial charge in [-0.3, -0.25) is 9.80 Å². The van der Waals surface area contributed by atoms with E-state index in [9.17, 15) is 9.90 Å². The van der Waals surface area contributed by atoms with Gasteiger partial charge in [0.2, 0.25) is 0 Å². The summed E-state index contributed by atoms with van der Waals surface area (Å²) in [7, 11) is 3.30. The zero-order valence-electron chi connectivity index (χ0n) is 21.6. The lowest BCUT2D eigenvalue weighted by Gasteiger charge is -2.39. The minimum absolute atomic E-state index is 0.0882. The second-order valence-corrected chi connectivity index (χ2v) is 11.9. The zero-order chi connectivity index (χ0) is 25.0. The lowest BCUT2D eigenvalue weighted by Crippen LogP contribution is -2.35. The van der Waals surface area contributed by atoms with Crippen molar-refractivity contribution in [2.75, 3.05) is 27.3 Å².